The molecule has 1 saturated heterocycles. The minimum Gasteiger partial charge on any atom is -0.285 e. The van der Waals surface area contributed by atoms with E-state index < -0.39 is 11.8 Å². The predicted molar refractivity (Wildman–Crippen MR) is 76.1 cm³/mol. The van der Waals surface area contributed by atoms with Crippen LogP contribution in [-0.4, -0.2) is 23.8 Å². The average molecular weight is 265 g/mol. The summed E-state index contributed by atoms with van der Waals surface area (Å²) in [7, 11) is 1.56. The number of likely N-dealkylation sites (N-methyl/N-ethyl adjacent to an activating group) is 1. The van der Waals surface area contributed by atoms with Crippen LogP contribution >= 0.6 is 0 Å². The lowest BCUT2D eigenvalue weighted by Crippen LogP contribution is -2.25. The Morgan fingerprint density at radius 1 is 0.700 bits per heavy atom. The zero-order valence-corrected chi connectivity index (χ0v) is 11.2. The van der Waals surface area contributed by atoms with Crippen molar-refractivity contribution >= 4 is 11.8 Å². The smallest absolute Gasteiger partial charge is 0.237 e. The van der Waals surface area contributed by atoms with Gasteiger partial charge in [0, 0.05) is 7.05 Å². The van der Waals surface area contributed by atoms with Crippen LogP contribution < -0.4 is 0 Å². The van der Waals surface area contributed by atoms with E-state index in [-0.39, 0.29) is 11.8 Å². The van der Waals surface area contributed by atoms with Gasteiger partial charge in [-0.2, -0.15) is 0 Å². The first-order valence-corrected chi connectivity index (χ1v) is 6.61. The highest BCUT2D eigenvalue weighted by Gasteiger charge is 2.47. The van der Waals surface area contributed by atoms with Crippen LogP contribution in [0.3, 0.4) is 0 Å². The van der Waals surface area contributed by atoms with Crippen LogP contribution in [0.25, 0.3) is 0 Å². The lowest BCUT2D eigenvalue weighted by Gasteiger charge is -2.15. The molecule has 2 atom stereocenters. The predicted octanol–water partition coefficient (Wildman–Crippen LogP) is 2.55. The summed E-state index contributed by atoms with van der Waals surface area (Å²) >= 11 is 0. The summed E-state index contributed by atoms with van der Waals surface area (Å²) in [6, 6.07) is 19.0. The molecule has 1 aliphatic heterocycles. The molecule has 1 fully saturated rings. The van der Waals surface area contributed by atoms with Gasteiger partial charge in [-0.05, 0) is 11.1 Å². The number of hydrogen-bond donors (Lipinski definition) is 0. The molecule has 0 spiro atoms. The van der Waals surface area contributed by atoms with Crippen molar-refractivity contribution in [3.05, 3.63) is 71.8 Å². The molecule has 0 aliphatic carbocycles. The standard InChI is InChI=1S/C17H15NO2/c1-18-16(19)14(12-8-4-2-5-9-12)15(17(18)20)13-10-6-3-7-11-13/h2-11,14-15H,1H3. The zero-order chi connectivity index (χ0) is 14.1. The fraction of sp³-hybridized carbons (Fsp3) is 0.176. The van der Waals surface area contributed by atoms with Gasteiger partial charge in [-0.15, -0.1) is 0 Å². The summed E-state index contributed by atoms with van der Waals surface area (Å²) < 4.78 is 0. The van der Waals surface area contributed by atoms with Crippen LogP contribution in [0.2, 0.25) is 0 Å². The molecular formula is C17H15NO2. The molecule has 0 radical (unpaired) electrons. The Kier molecular flexibility index (Phi) is 3.11. The van der Waals surface area contributed by atoms with Crippen molar-refractivity contribution < 1.29 is 9.59 Å². The van der Waals surface area contributed by atoms with E-state index in [0.29, 0.717) is 0 Å². The maximum Gasteiger partial charge on any atom is 0.237 e. The van der Waals surface area contributed by atoms with Gasteiger partial charge in [-0.1, -0.05) is 60.7 Å². The molecule has 3 rings (SSSR count). The second-order valence-electron chi connectivity index (χ2n) is 5.01. The number of nitrogens with zero attached hydrogens (tertiary/aromatic N) is 1. The van der Waals surface area contributed by atoms with Gasteiger partial charge in [0.1, 0.15) is 0 Å². The molecule has 0 aromatic heterocycles. The number of rotatable bonds is 2. The van der Waals surface area contributed by atoms with Gasteiger partial charge in [0.25, 0.3) is 0 Å². The number of hydrogen-bond acceptors (Lipinski definition) is 2. The second kappa shape index (κ2) is 4.93. The van der Waals surface area contributed by atoms with Crippen molar-refractivity contribution in [2.75, 3.05) is 7.05 Å². The Morgan fingerprint density at radius 3 is 1.40 bits per heavy atom. The first-order valence-electron chi connectivity index (χ1n) is 6.61. The van der Waals surface area contributed by atoms with Crippen LogP contribution in [0, 0.1) is 0 Å². The van der Waals surface area contributed by atoms with Crippen LogP contribution in [0.15, 0.2) is 60.7 Å². The fourth-order valence-corrected chi connectivity index (χ4v) is 2.80. The number of carbonyl (C=O) groups excluding carboxylic acids is 2. The van der Waals surface area contributed by atoms with E-state index in [2.05, 4.69) is 0 Å². The number of benzene rings is 2. The summed E-state index contributed by atoms with van der Waals surface area (Å²) in [5.41, 5.74) is 1.79. The van der Waals surface area contributed by atoms with Gasteiger partial charge in [0.2, 0.25) is 11.8 Å². The molecule has 20 heavy (non-hydrogen) atoms. The van der Waals surface area contributed by atoms with Crippen molar-refractivity contribution in [3.8, 4) is 0 Å². The summed E-state index contributed by atoms with van der Waals surface area (Å²) in [5, 5.41) is 0. The number of carbonyl (C=O) groups is 2. The van der Waals surface area contributed by atoms with Crippen molar-refractivity contribution in [2.45, 2.75) is 11.8 Å². The number of amides is 2. The first-order chi connectivity index (χ1) is 9.70. The highest BCUT2D eigenvalue weighted by atomic mass is 16.2. The normalized spacial score (nSPS) is 22.4. The zero-order valence-electron chi connectivity index (χ0n) is 11.2. The number of likely N-dealkylation sites (tertiary alicyclic amines) is 1. The molecule has 2 aromatic rings. The van der Waals surface area contributed by atoms with E-state index in [1.54, 1.807) is 7.05 Å². The second-order valence-corrected chi connectivity index (χ2v) is 5.01. The SMILES string of the molecule is CN1C(=O)C(c2ccccc2)C(c2ccccc2)C1=O. The maximum absolute atomic E-state index is 12.4. The molecule has 3 nitrogen and oxygen atoms in total. The van der Waals surface area contributed by atoms with E-state index in [9.17, 15) is 9.59 Å². The van der Waals surface area contributed by atoms with Gasteiger partial charge in [-0.25, -0.2) is 0 Å². The molecule has 1 heterocycles. The van der Waals surface area contributed by atoms with Gasteiger partial charge in [0.15, 0.2) is 0 Å². The Hall–Kier alpha value is -2.42. The van der Waals surface area contributed by atoms with Crippen LogP contribution in [0.1, 0.15) is 23.0 Å². The third-order valence-corrected chi connectivity index (χ3v) is 3.84. The third kappa shape index (κ3) is 1.92. The Labute approximate surface area is 117 Å². The van der Waals surface area contributed by atoms with Gasteiger partial charge in [-0.3, -0.25) is 14.5 Å². The lowest BCUT2D eigenvalue weighted by atomic mass is 9.83. The third-order valence-electron chi connectivity index (χ3n) is 3.84. The van der Waals surface area contributed by atoms with Crippen LogP contribution in [-0.2, 0) is 9.59 Å². The van der Waals surface area contributed by atoms with E-state index in [0.717, 1.165) is 11.1 Å². The highest BCUT2D eigenvalue weighted by molar-refractivity contribution is 6.10. The summed E-state index contributed by atoms with van der Waals surface area (Å²) in [5.74, 6) is -1.10. The average Bonchev–Trinajstić information content (AvgIpc) is 2.73. The molecule has 2 aromatic carbocycles. The topological polar surface area (TPSA) is 37.4 Å². The minimum atomic E-state index is -0.420. The number of imide groups is 1. The Balaban J connectivity index is 2.10. The van der Waals surface area contributed by atoms with E-state index in [1.165, 1.54) is 4.90 Å². The van der Waals surface area contributed by atoms with Gasteiger partial charge >= 0.3 is 0 Å². The maximum atomic E-state index is 12.4. The molecule has 0 saturated carbocycles. The Bertz CT molecular complexity index is 579. The fourth-order valence-electron chi connectivity index (χ4n) is 2.80. The minimum absolute atomic E-state index is 0.130. The quantitative estimate of drug-likeness (QED) is 0.783. The summed E-state index contributed by atoms with van der Waals surface area (Å²) in [6.07, 6.45) is 0. The van der Waals surface area contributed by atoms with Crippen molar-refractivity contribution in [2.24, 2.45) is 0 Å². The monoisotopic (exact) mass is 265 g/mol. The van der Waals surface area contributed by atoms with Crippen LogP contribution in [0.5, 0.6) is 0 Å². The van der Waals surface area contributed by atoms with E-state index >= 15 is 0 Å². The first kappa shape index (κ1) is 12.6. The van der Waals surface area contributed by atoms with E-state index in [1.807, 2.05) is 60.7 Å². The molecular weight excluding hydrogens is 250 g/mol. The summed E-state index contributed by atoms with van der Waals surface area (Å²) in [4.78, 5) is 26.1. The largest absolute Gasteiger partial charge is 0.285 e. The van der Waals surface area contributed by atoms with E-state index in [4.69, 9.17) is 0 Å². The van der Waals surface area contributed by atoms with Crippen molar-refractivity contribution in [1.82, 2.24) is 4.90 Å². The lowest BCUT2D eigenvalue weighted by molar-refractivity contribution is -0.137. The molecule has 100 valence electrons. The molecule has 2 amide bonds. The van der Waals surface area contributed by atoms with Gasteiger partial charge in [0.05, 0.1) is 11.8 Å². The molecule has 1 aliphatic rings. The van der Waals surface area contributed by atoms with Crippen molar-refractivity contribution in [3.63, 3.8) is 0 Å². The van der Waals surface area contributed by atoms with Crippen LogP contribution in [0.4, 0.5) is 0 Å². The molecule has 2 unspecified atom stereocenters. The summed E-state index contributed by atoms with van der Waals surface area (Å²) in [6.45, 7) is 0. The molecule has 3 heteroatoms. The molecule has 0 N–H and O–H groups in total. The van der Waals surface area contributed by atoms with Gasteiger partial charge < -0.3 is 0 Å². The highest BCUT2D eigenvalue weighted by Crippen LogP contribution is 2.40. The Morgan fingerprint density at radius 2 is 1.05 bits per heavy atom. The molecule has 0 bridgehead atoms. The van der Waals surface area contributed by atoms with Crippen molar-refractivity contribution in [1.29, 1.82) is 0 Å².